The molecule has 0 aliphatic rings. The maximum absolute atomic E-state index is 10.4. The summed E-state index contributed by atoms with van der Waals surface area (Å²) in [4.78, 5) is 40.1. The zero-order chi connectivity index (χ0) is 14.0. The van der Waals surface area contributed by atoms with E-state index < -0.39 is 31.2 Å². The molecule has 10 heteroatoms. The van der Waals surface area contributed by atoms with Crippen LogP contribution in [-0.4, -0.2) is 31.2 Å². The largest absolute Gasteiger partial charge is 1.00 e. The van der Waals surface area contributed by atoms with Crippen molar-refractivity contribution in [2.75, 3.05) is 0 Å². The molecule has 0 aliphatic carbocycles. The summed E-state index contributed by atoms with van der Waals surface area (Å²) in [5.41, 5.74) is 0. The van der Waals surface area contributed by atoms with E-state index in [9.17, 15) is 14.4 Å². The Morgan fingerprint density at radius 2 is 0.944 bits per heavy atom. The molecule has 96 valence electrons. The molecule has 0 rings (SSSR count). The fraction of sp³-hybridized carbons (Fsp3) is 0.500. The second-order valence-corrected chi connectivity index (χ2v) is 2.61. The molecule has 0 heterocycles. The standard InChI is InChI=1S/C6H9BO6.C2H4O2.Na/c1-4(8)11-7(12-5(2)9)13-6(3)10;1-2(3)4;/h1-3H3;1H3,(H,3,4);/q;;+1/p-1. The summed E-state index contributed by atoms with van der Waals surface area (Å²) < 4.78 is 13.0. The molecule has 0 aromatic rings. The molecule has 0 amide bonds. The predicted octanol–water partition coefficient (Wildman–Crippen LogP) is -4.58. The average molecular weight is 270 g/mol. The molecule has 0 saturated heterocycles. The van der Waals surface area contributed by atoms with Crippen molar-refractivity contribution >= 4 is 31.2 Å². The second kappa shape index (κ2) is 12.4. The monoisotopic (exact) mass is 270 g/mol. The maximum atomic E-state index is 10.4. The van der Waals surface area contributed by atoms with E-state index in [2.05, 4.69) is 14.0 Å². The van der Waals surface area contributed by atoms with E-state index in [0.717, 1.165) is 27.7 Å². The summed E-state index contributed by atoms with van der Waals surface area (Å²) >= 11 is 0. The van der Waals surface area contributed by atoms with Gasteiger partial charge in [0.05, 0.1) is 0 Å². The molecular weight excluding hydrogens is 258 g/mol. The van der Waals surface area contributed by atoms with Crippen LogP contribution in [0, 0.1) is 0 Å². The summed E-state index contributed by atoms with van der Waals surface area (Å²) in [6.07, 6.45) is 0. The van der Waals surface area contributed by atoms with Crippen LogP contribution >= 0.6 is 0 Å². The number of carbonyl (C=O) groups is 4. The van der Waals surface area contributed by atoms with Crippen LogP contribution in [0.1, 0.15) is 27.7 Å². The van der Waals surface area contributed by atoms with E-state index in [1.54, 1.807) is 0 Å². The minimum atomic E-state index is -1.59. The Morgan fingerprint density at radius 3 is 1.06 bits per heavy atom. The van der Waals surface area contributed by atoms with Crippen molar-refractivity contribution in [2.45, 2.75) is 27.7 Å². The molecule has 8 nitrogen and oxygen atoms in total. The van der Waals surface area contributed by atoms with Crippen molar-refractivity contribution in [1.29, 1.82) is 0 Å². The van der Waals surface area contributed by atoms with E-state index in [4.69, 9.17) is 9.90 Å². The summed E-state index contributed by atoms with van der Waals surface area (Å²) in [7, 11) is -1.59. The first kappa shape index (κ1) is 22.2. The van der Waals surface area contributed by atoms with Crippen LogP contribution in [-0.2, 0) is 33.1 Å². The van der Waals surface area contributed by atoms with Crippen LogP contribution in [0.5, 0.6) is 0 Å². The molecule has 0 fully saturated rings. The Morgan fingerprint density at radius 1 is 0.778 bits per heavy atom. The Hall–Kier alpha value is -1.06. The van der Waals surface area contributed by atoms with Crippen molar-refractivity contribution in [3.8, 4) is 0 Å². The van der Waals surface area contributed by atoms with Gasteiger partial charge in [-0.3, -0.25) is 14.4 Å². The van der Waals surface area contributed by atoms with Crippen molar-refractivity contribution in [2.24, 2.45) is 0 Å². The zero-order valence-electron chi connectivity index (χ0n) is 10.8. The topological polar surface area (TPSA) is 119 Å². The van der Waals surface area contributed by atoms with Crippen molar-refractivity contribution in [3.63, 3.8) is 0 Å². The molecule has 0 aromatic carbocycles. The molecule has 0 N–H and O–H groups in total. The van der Waals surface area contributed by atoms with E-state index in [-0.39, 0.29) is 29.6 Å². The van der Waals surface area contributed by atoms with Gasteiger partial charge in [0.15, 0.2) is 0 Å². The van der Waals surface area contributed by atoms with Gasteiger partial charge < -0.3 is 23.9 Å². The fourth-order valence-electron chi connectivity index (χ4n) is 0.479. The Bertz CT molecular complexity index is 263. The molecule has 0 spiro atoms. The number of hydrogen-bond acceptors (Lipinski definition) is 8. The first-order valence-corrected chi connectivity index (χ1v) is 4.34. The number of carboxylic acid groups (broad SMARTS) is 1. The minimum absolute atomic E-state index is 0. The fourth-order valence-corrected chi connectivity index (χ4v) is 0.479. The number of carbonyl (C=O) groups excluding carboxylic acids is 4. The van der Waals surface area contributed by atoms with Gasteiger partial charge in [-0.1, -0.05) is 0 Å². The third-order valence-corrected chi connectivity index (χ3v) is 0.787. The molecule has 0 saturated carbocycles. The molecule has 0 aromatic heterocycles. The van der Waals surface area contributed by atoms with Gasteiger partial charge in [0.25, 0.3) is 17.9 Å². The van der Waals surface area contributed by atoms with Gasteiger partial charge in [0.1, 0.15) is 0 Å². The van der Waals surface area contributed by atoms with Crippen molar-refractivity contribution in [1.82, 2.24) is 0 Å². The maximum Gasteiger partial charge on any atom is 1.00 e. The Kier molecular flexibility index (Phi) is 15.3. The van der Waals surface area contributed by atoms with Crippen molar-refractivity contribution < 1.29 is 67.8 Å². The summed E-state index contributed by atoms with van der Waals surface area (Å²) in [5.74, 6) is -3.23. The van der Waals surface area contributed by atoms with Gasteiger partial charge in [-0.15, -0.1) is 0 Å². The molecule has 0 aliphatic heterocycles. The van der Waals surface area contributed by atoms with Crippen LogP contribution in [0.4, 0.5) is 0 Å². The Balaban J connectivity index is -0.000000392. The summed E-state index contributed by atoms with van der Waals surface area (Å²) in [5, 5.41) is 8.89. The third kappa shape index (κ3) is 24.3. The van der Waals surface area contributed by atoms with E-state index in [0.29, 0.717) is 0 Å². The van der Waals surface area contributed by atoms with Crippen molar-refractivity contribution in [3.05, 3.63) is 0 Å². The van der Waals surface area contributed by atoms with Gasteiger partial charge in [0, 0.05) is 26.7 Å². The second-order valence-electron chi connectivity index (χ2n) is 2.61. The zero-order valence-corrected chi connectivity index (χ0v) is 12.8. The number of hydrogen-bond donors (Lipinski definition) is 0. The summed E-state index contributed by atoms with van der Waals surface area (Å²) in [6.45, 7) is 4.26. The van der Waals surface area contributed by atoms with Gasteiger partial charge in [0.2, 0.25) is 0 Å². The number of rotatable bonds is 3. The normalized spacial score (nSPS) is 7.56. The molecular formula is C8H12BNaO8. The SMILES string of the molecule is CC(=O)OB(OC(C)=O)OC(C)=O.CC(=O)[O-].[Na+]. The van der Waals surface area contributed by atoms with Crippen LogP contribution in [0.2, 0.25) is 0 Å². The van der Waals surface area contributed by atoms with Gasteiger partial charge >= 0.3 is 36.9 Å². The van der Waals surface area contributed by atoms with E-state index in [1.807, 2.05) is 0 Å². The van der Waals surface area contributed by atoms with Crippen LogP contribution in [0.15, 0.2) is 0 Å². The number of carboxylic acids is 1. The van der Waals surface area contributed by atoms with E-state index in [1.165, 1.54) is 0 Å². The predicted molar refractivity (Wildman–Crippen MR) is 51.7 cm³/mol. The van der Waals surface area contributed by atoms with Gasteiger partial charge in [-0.25, -0.2) is 0 Å². The smallest absolute Gasteiger partial charge is 0.550 e. The quantitative estimate of drug-likeness (QED) is 0.470. The van der Waals surface area contributed by atoms with Crippen LogP contribution in [0.25, 0.3) is 0 Å². The first-order chi connectivity index (χ1) is 7.65. The molecule has 18 heavy (non-hydrogen) atoms. The molecule has 0 atom stereocenters. The minimum Gasteiger partial charge on any atom is -0.550 e. The van der Waals surface area contributed by atoms with Crippen LogP contribution in [0.3, 0.4) is 0 Å². The first-order valence-electron chi connectivity index (χ1n) is 4.34. The Labute approximate surface area is 126 Å². The van der Waals surface area contributed by atoms with E-state index >= 15 is 0 Å². The van der Waals surface area contributed by atoms with Crippen LogP contribution < -0.4 is 34.7 Å². The molecule has 0 bridgehead atoms. The summed E-state index contributed by atoms with van der Waals surface area (Å²) in [6, 6.07) is 0. The van der Waals surface area contributed by atoms with Gasteiger partial charge in [-0.05, 0) is 6.92 Å². The molecule has 0 radical (unpaired) electrons. The molecule has 0 unspecified atom stereocenters. The number of aliphatic carboxylic acids is 1. The average Bonchev–Trinajstić information content (AvgIpc) is 1.96. The van der Waals surface area contributed by atoms with Gasteiger partial charge in [-0.2, -0.15) is 0 Å². The third-order valence-electron chi connectivity index (χ3n) is 0.787.